The van der Waals surface area contributed by atoms with Crippen LogP contribution < -0.4 is 9.47 Å². The first-order valence-electron chi connectivity index (χ1n) is 7.97. The van der Waals surface area contributed by atoms with E-state index in [1.807, 2.05) is 66.1 Å². The molecule has 0 atom stereocenters. The van der Waals surface area contributed by atoms with Crippen LogP contribution in [0, 0.1) is 0 Å². The maximum atomic E-state index is 12.1. The van der Waals surface area contributed by atoms with Gasteiger partial charge in [-0.15, -0.1) is 11.3 Å². The highest BCUT2D eigenvalue weighted by atomic mass is 79.9. The number of benzene rings is 2. The predicted molar refractivity (Wildman–Crippen MR) is 109 cm³/mol. The van der Waals surface area contributed by atoms with Gasteiger partial charge in [-0.3, -0.25) is 4.79 Å². The first kappa shape index (κ1) is 18.4. The van der Waals surface area contributed by atoms with E-state index in [0.29, 0.717) is 6.61 Å². The van der Waals surface area contributed by atoms with Crippen LogP contribution in [0.5, 0.6) is 11.5 Å². The van der Waals surface area contributed by atoms with Gasteiger partial charge in [0.05, 0.1) is 12.0 Å². The van der Waals surface area contributed by atoms with Gasteiger partial charge in [0.15, 0.2) is 5.78 Å². The van der Waals surface area contributed by atoms with Gasteiger partial charge in [0, 0.05) is 10.0 Å². The molecule has 3 nitrogen and oxygen atoms in total. The minimum absolute atomic E-state index is 0.00255. The van der Waals surface area contributed by atoms with Crippen LogP contribution in [0.25, 0.3) is 6.08 Å². The number of methoxy groups -OCH3 is 1. The molecule has 0 fully saturated rings. The summed E-state index contributed by atoms with van der Waals surface area (Å²) in [5.74, 6) is 1.53. The fourth-order valence-electron chi connectivity index (χ4n) is 2.41. The molecule has 0 spiro atoms. The summed E-state index contributed by atoms with van der Waals surface area (Å²) in [6.07, 6.45) is 3.40. The van der Waals surface area contributed by atoms with Crippen molar-refractivity contribution in [2.24, 2.45) is 0 Å². The molecule has 0 amide bonds. The molecule has 0 bridgehead atoms. The van der Waals surface area contributed by atoms with Crippen LogP contribution in [0.3, 0.4) is 0 Å². The standard InChI is InChI=1S/C21H17BrO3S/c1-24-20-10-8-15(7-9-19(23)21-6-3-11-26-21)12-16(20)14-25-18-5-2-4-17(22)13-18/h2-13H,14H2,1H3/b9-7+. The third-order valence-corrected chi connectivity index (χ3v) is 5.06. The van der Waals surface area contributed by atoms with Crippen LogP contribution in [0.1, 0.15) is 20.8 Å². The maximum absolute atomic E-state index is 12.1. The summed E-state index contributed by atoms with van der Waals surface area (Å²) < 4.78 is 12.2. The van der Waals surface area contributed by atoms with E-state index in [1.165, 1.54) is 11.3 Å². The van der Waals surface area contributed by atoms with E-state index in [4.69, 9.17) is 9.47 Å². The normalized spacial score (nSPS) is 10.8. The Balaban J connectivity index is 1.74. The Bertz CT molecular complexity index is 917. The Kier molecular flexibility index (Phi) is 6.26. The number of ketones is 1. The Morgan fingerprint density at radius 3 is 2.77 bits per heavy atom. The van der Waals surface area contributed by atoms with Crippen LogP contribution in [0.4, 0.5) is 0 Å². The third kappa shape index (κ3) is 4.84. The fourth-order valence-corrected chi connectivity index (χ4v) is 3.43. The Morgan fingerprint density at radius 1 is 1.15 bits per heavy atom. The molecule has 3 aromatic rings. The van der Waals surface area contributed by atoms with Gasteiger partial charge < -0.3 is 9.47 Å². The van der Waals surface area contributed by atoms with Gasteiger partial charge in [-0.05, 0) is 53.4 Å². The highest BCUT2D eigenvalue weighted by Gasteiger charge is 2.06. The minimum atomic E-state index is 0.00255. The molecule has 1 aromatic heterocycles. The number of carbonyl (C=O) groups is 1. The lowest BCUT2D eigenvalue weighted by atomic mass is 10.1. The second-order valence-corrected chi connectivity index (χ2v) is 7.36. The molecule has 1 heterocycles. The molecule has 0 unspecified atom stereocenters. The zero-order valence-corrected chi connectivity index (χ0v) is 16.5. The number of hydrogen-bond acceptors (Lipinski definition) is 4. The van der Waals surface area contributed by atoms with Crippen LogP contribution in [0.15, 0.2) is 70.5 Å². The van der Waals surface area contributed by atoms with Crippen molar-refractivity contribution in [3.05, 3.63) is 86.5 Å². The summed E-state index contributed by atoms with van der Waals surface area (Å²) >= 11 is 4.87. The van der Waals surface area contributed by atoms with E-state index in [2.05, 4.69) is 15.9 Å². The van der Waals surface area contributed by atoms with E-state index < -0.39 is 0 Å². The lowest BCUT2D eigenvalue weighted by molar-refractivity contribution is 0.105. The highest BCUT2D eigenvalue weighted by molar-refractivity contribution is 9.10. The summed E-state index contributed by atoms with van der Waals surface area (Å²) in [6.45, 7) is 0.375. The first-order valence-corrected chi connectivity index (χ1v) is 9.64. The lowest BCUT2D eigenvalue weighted by Crippen LogP contribution is -1.99. The van der Waals surface area contributed by atoms with Crippen LogP contribution >= 0.6 is 27.3 Å². The molecule has 3 rings (SSSR count). The molecule has 0 aliphatic heterocycles. The molecule has 0 saturated carbocycles. The van der Waals surface area contributed by atoms with Crippen molar-refractivity contribution >= 4 is 39.1 Å². The van der Waals surface area contributed by atoms with Crippen LogP contribution in [0.2, 0.25) is 0 Å². The smallest absolute Gasteiger partial charge is 0.195 e. The average molecular weight is 429 g/mol. The van der Waals surface area contributed by atoms with Crippen molar-refractivity contribution in [2.45, 2.75) is 6.61 Å². The molecule has 0 aliphatic carbocycles. The van der Waals surface area contributed by atoms with E-state index in [1.54, 1.807) is 13.2 Å². The molecular weight excluding hydrogens is 412 g/mol. The Hall–Kier alpha value is -2.37. The molecule has 0 saturated heterocycles. The second-order valence-electron chi connectivity index (χ2n) is 5.49. The number of hydrogen-bond donors (Lipinski definition) is 0. The Morgan fingerprint density at radius 2 is 2.04 bits per heavy atom. The van der Waals surface area contributed by atoms with Crippen LogP contribution in [-0.4, -0.2) is 12.9 Å². The first-order chi connectivity index (χ1) is 12.7. The number of thiophene rings is 1. The van der Waals surface area contributed by atoms with E-state index in [0.717, 1.165) is 32.0 Å². The zero-order chi connectivity index (χ0) is 18.4. The van der Waals surface area contributed by atoms with Gasteiger partial charge in [-0.1, -0.05) is 40.2 Å². The second kappa shape index (κ2) is 8.83. The predicted octanol–water partition coefficient (Wildman–Crippen LogP) is 5.99. The SMILES string of the molecule is COc1ccc(/C=C/C(=O)c2cccs2)cc1COc1cccc(Br)c1. The number of halogens is 1. The van der Waals surface area contributed by atoms with Gasteiger partial charge in [0.1, 0.15) is 18.1 Å². The molecule has 0 N–H and O–H groups in total. The highest BCUT2D eigenvalue weighted by Crippen LogP contribution is 2.24. The van der Waals surface area contributed by atoms with Crippen molar-refractivity contribution in [1.29, 1.82) is 0 Å². The minimum Gasteiger partial charge on any atom is -0.496 e. The maximum Gasteiger partial charge on any atom is 0.195 e. The lowest BCUT2D eigenvalue weighted by Gasteiger charge is -2.11. The molecule has 0 aliphatic rings. The molecule has 0 radical (unpaired) electrons. The van der Waals surface area contributed by atoms with Gasteiger partial charge in [0.2, 0.25) is 0 Å². The number of carbonyl (C=O) groups excluding carboxylic acids is 1. The van der Waals surface area contributed by atoms with Gasteiger partial charge in [0.25, 0.3) is 0 Å². The van der Waals surface area contributed by atoms with Crippen molar-refractivity contribution < 1.29 is 14.3 Å². The number of rotatable bonds is 7. The zero-order valence-electron chi connectivity index (χ0n) is 14.1. The Labute approximate surface area is 165 Å². The van der Waals surface area contributed by atoms with Crippen LogP contribution in [-0.2, 0) is 6.61 Å². The third-order valence-electron chi connectivity index (χ3n) is 3.69. The van der Waals surface area contributed by atoms with Crippen molar-refractivity contribution in [1.82, 2.24) is 0 Å². The van der Waals surface area contributed by atoms with Crippen molar-refractivity contribution in [3.63, 3.8) is 0 Å². The van der Waals surface area contributed by atoms with E-state index >= 15 is 0 Å². The van der Waals surface area contributed by atoms with Crippen molar-refractivity contribution in [3.8, 4) is 11.5 Å². The molecule has 132 valence electrons. The topological polar surface area (TPSA) is 35.5 Å². The van der Waals surface area contributed by atoms with Crippen molar-refractivity contribution in [2.75, 3.05) is 7.11 Å². The summed E-state index contributed by atoms with van der Waals surface area (Å²) in [7, 11) is 1.63. The van der Waals surface area contributed by atoms with E-state index in [-0.39, 0.29) is 5.78 Å². The largest absolute Gasteiger partial charge is 0.496 e. The number of ether oxygens (including phenoxy) is 2. The fraction of sp³-hybridized carbons (Fsp3) is 0.0952. The monoisotopic (exact) mass is 428 g/mol. The molecular formula is C21H17BrO3S. The summed E-state index contributed by atoms with van der Waals surface area (Å²) in [6, 6.07) is 17.1. The average Bonchev–Trinajstić information content (AvgIpc) is 3.19. The van der Waals surface area contributed by atoms with Gasteiger partial charge in [-0.25, -0.2) is 0 Å². The van der Waals surface area contributed by atoms with Gasteiger partial charge >= 0.3 is 0 Å². The summed E-state index contributed by atoms with van der Waals surface area (Å²) in [5, 5.41) is 1.89. The quantitative estimate of drug-likeness (QED) is 0.342. The summed E-state index contributed by atoms with van der Waals surface area (Å²) in [4.78, 5) is 12.8. The summed E-state index contributed by atoms with van der Waals surface area (Å²) in [5.41, 5.74) is 1.83. The molecule has 2 aromatic carbocycles. The van der Waals surface area contributed by atoms with E-state index in [9.17, 15) is 4.79 Å². The molecule has 26 heavy (non-hydrogen) atoms. The number of allylic oxidation sites excluding steroid dienone is 1. The van der Waals surface area contributed by atoms with Gasteiger partial charge in [-0.2, -0.15) is 0 Å². The molecule has 5 heteroatoms.